The molecule has 0 radical (unpaired) electrons. The highest BCUT2D eigenvalue weighted by Crippen LogP contribution is 2.30. The number of nitrogens with one attached hydrogen (secondary N) is 1. The second-order valence-electron chi connectivity index (χ2n) is 9.34. The molecule has 2 N–H and O–H groups in total. The van der Waals surface area contributed by atoms with Gasteiger partial charge in [-0.25, -0.2) is 4.98 Å². The van der Waals surface area contributed by atoms with Crippen LogP contribution in [-0.2, 0) is 24.2 Å². The Hall–Kier alpha value is -3.41. The third-order valence-electron chi connectivity index (χ3n) is 6.54. The van der Waals surface area contributed by atoms with E-state index in [-0.39, 0.29) is 5.91 Å². The van der Waals surface area contributed by atoms with Gasteiger partial charge in [0.15, 0.2) is 0 Å². The summed E-state index contributed by atoms with van der Waals surface area (Å²) in [5.74, 6) is -0.0639. The van der Waals surface area contributed by atoms with Crippen LogP contribution < -0.4 is 5.32 Å². The SMILES string of the molecule is CC(=O)O.CCCCCn1c(-c2ccc3c(c2)CCC3)nc(C(=O)Nc2ccc(C)c(C)c2)c1C. The summed E-state index contributed by atoms with van der Waals surface area (Å²) in [7, 11) is 0. The fraction of sp³-hybridized carbons (Fsp3) is 0.414. The van der Waals surface area contributed by atoms with Gasteiger partial charge < -0.3 is 15.0 Å². The molecule has 1 aliphatic carbocycles. The second kappa shape index (κ2) is 11.8. The summed E-state index contributed by atoms with van der Waals surface area (Å²) >= 11 is 0. The molecular weight excluding hydrogens is 438 g/mol. The number of aryl methyl sites for hydroxylation is 4. The molecule has 0 saturated carbocycles. The van der Waals surface area contributed by atoms with Crippen LogP contribution in [0.3, 0.4) is 0 Å². The molecule has 4 rings (SSSR count). The maximum Gasteiger partial charge on any atom is 0.300 e. The Kier molecular flexibility index (Phi) is 8.85. The van der Waals surface area contributed by atoms with Crippen LogP contribution in [0.1, 0.15) is 78.0 Å². The zero-order valence-electron chi connectivity index (χ0n) is 21.6. The number of hydrogen-bond donors (Lipinski definition) is 2. The number of anilines is 1. The molecule has 1 heterocycles. The first kappa shape index (κ1) is 26.2. The molecule has 6 nitrogen and oxygen atoms in total. The summed E-state index contributed by atoms with van der Waals surface area (Å²) < 4.78 is 2.24. The molecule has 0 atom stereocenters. The number of carbonyl (C=O) groups is 2. The molecule has 0 fully saturated rings. The van der Waals surface area contributed by atoms with Crippen LogP contribution in [0.25, 0.3) is 11.4 Å². The number of carbonyl (C=O) groups excluding carboxylic acids is 1. The van der Waals surface area contributed by atoms with Gasteiger partial charge in [-0.1, -0.05) is 38.0 Å². The monoisotopic (exact) mass is 475 g/mol. The van der Waals surface area contributed by atoms with Crippen LogP contribution in [0.15, 0.2) is 36.4 Å². The number of aromatic nitrogens is 2. The Labute approximate surface area is 208 Å². The Bertz CT molecular complexity index is 1210. The lowest BCUT2D eigenvalue weighted by molar-refractivity contribution is -0.134. The fourth-order valence-corrected chi connectivity index (χ4v) is 4.48. The molecule has 35 heavy (non-hydrogen) atoms. The highest BCUT2D eigenvalue weighted by atomic mass is 16.4. The molecule has 0 aliphatic heterocycles. The van der Waals surface area contributed by atoms with E-state index < -0.39 is 5.97 Å². The van der Waals surface area contributed by atoms with Crippen LogP contribution >= 0.6 is 0 Å². The molecule has 2 aromatic carbocycles. The normalized spacial score (nSPS) is 12.0. The lowest BCUT2D eigenvalue weighted by atomic mass is 10.1. The molecule has 1 amide bonds. The largest absolute Gasteiger partial charge is 0.481 e. The summed E-state index contributed by atoms with van der Waals surface area (Å²) in [6.45, 7) is 10.3. The smallest absolute Gasteiger partial charge is 0.300 e. The van der Waals surface area contributed by atoms with E-state index >= 15 is 0 Å². The van der Waals surface area contributed by atoms with Crippen LogP contribution in [-0.4, -0.2) is 26.5 Å². The van der Waals surface area contributed by atoms with Gasteiger partial charge in [-0.05, 0) is 86.9 Å². The first-order valence-electron chi connectivity index (χ1n) is 12.5. The van der Waals surface area contributed by atoms with Gasteiger partial charge in [-0.3, -0.25) is 9.59 Å². The van der Waals surface area contributed by atoms with Crippen molar-refractivity contribution in [2.24, 2.45) is 0 Å². The van der Waals surface area contributed by atoms with Gasteiger partial charge in [0.25, 0.3) is 11.9 Å². The maximum atomic E-state index is 13.2. The standard InChI is InChI=1S/C27H33N3O.C2H4O2/c1-5-6-7-15-30-20(4)25(27(31)28-24-14-11-18(2)19(3)16-24)29-26(30)23-13-12-21-9-8-10-22(21)17-23;1-2(3)4/h11-14,16-17H,5-10,15H2,1-4H3,(H,28,31);1H3,(H,3,4). The molecule has 0 bridgehead atoms. The first-order chi connectivity index (χ1) is 16.7. The first-order valence-corrected chi connectivity index (χ1v) is 12.5. The van der Waals surface area contributed by atoms with E-state index in [0.29, 0.717) is 5.69 Å². The van der Waals surface area contributed by atoms with E-state index in [9.17, 15) is 4.79 Å². The number of rotatable bonds is 7. The molecule has 0 unspecified atom stereocenters. The van der Waals surface area contributed by atoms with Crippen LogP contribution in [0.4, 0.5) is 5.69 Å². The molecular formula is C29H37N3O3. The van der Waals surface area contributed by atoms with Crippen molar-refractivity contribution in [1.29, 1.82) is 0 Å². The third kappa shape index (κ3) is 6.59. The van der Waals surface area contributed by atoms with Gasteiger partial charge in [0.05, 0.1) is 0 Å². The quantitative estimate of drug-likeness (QED) is 0.382. The fourth-order valence-electron chi connectivity index (χ4n) is 4.48. The highest BCUT2D eigenvalue weighted by molar-refractivity contribution is 6.04. The van der Waals surface area contributed by atoms with E-state index in [1.54, 1.807) is 0 Å². The molecule has 186 valence electrons. The summed E-state index contributed by atoms with van der Waals surface area (Å²) in [6.07, 6.45) is 6.96. The van der Waals surface area contributed by atoms with Crippen LogP contribution in [0, 0.1) is 20.8 Å². The average molecular weight is 476 g/mol. The van der Waals surface area contributed by atoms with Gasteiger partial charge in [-0.15, -0.1) is 0 Å². The van der Waals surface area contributed by atoms with E-state index in [1.807, 2.05) is 25.1 Å². The van der Waals surface area contributed by atoms with E-state index in [4.69, 9.17) is 14.9 Å². The Balaban J connectivity index is 0.000000795. The van der Waals surface area contributed by atoms with Crippen molar-refractivity contribution >= 4 is 17.6 Å². The maximum absolute atomic E-state index is 13.2. The number of carboxylic acid groups (broad SMARTS) is 1. The van der Waals surface area contributed by atoms with Gasteiger partial charge in [0.2, 0.25) is 0 Å². The second-order valence-corrected chi connectivity index (χ2v) is 9.34. The third-order valence-corrected chi connectivity index (χ3v) is 6.54. The molecule has 6 heteroatoms. The number of hydrogen-bond acceptors (Lipinski definition) is 3. The molecule has 1 aromatic heterocycles. The minimum absolute atomic E-state index is 0.141. The van der Waals surface area contributed by atoms with Crippen molar-refractivity contribution in [3.63, 3.8) is 0 Å². The average Bonchev–Trinajstić information content (AvgIpc) is 3.40. The number of unbranched alkanes of at least 4 members (excludes halogenated alkanes) is 2. The number of carboxylic acids is 1. The van der Waals surface area contributed by atoms with Gasteiger partial charge >= 0.3 is 0 Å². The van der Waals surface area contributed by atoms with Crippen molar-refractivity contribution in [2.75, 3.05) is 5.32 Å². The minimum atomic E-state index is -0.833. The van der Waals surface area contributed by atoms with Gasteiger partial charge in [0.1, 0.15) is 11.5 Å². The van der Waals surface area contributed by atoms with Crippen molar-refractivity contribution < 1.29 is 14.7 Å². The summed E-state index contributed by atoms with van der Waals surface area (Å²) in [5, 5.41) is 10.5. The number of imidazole rings is 1. The van der Waals surface area contributed by atoms with Crippen LogP contribution in [0.5, 0.6) is 0 Å². The zero-order valence-corrected chi connectivity index (χ0v) is 21.6. The molecule has 0 saturated heterocycles. The zero-order chi connectivity index (χ0) is 25.5. The lowest BCUT2D eigenvalue weighted by Crippen LogP contribution is -2.14. The predicted octanol–water partition coefficient (Wildman–Crippen LogP) is 6.50. The van der Waals surface area contributed by atoms with Crippen molar-refractivity contribution in [2.45, 2.75) is 79.7 Å². The Morgan fingerprint density at radius 2 is 1.71 bits per heavy atom. The molecule has 3 aromatic rings. The van der Waals surface area contributed by atoms with Crippen molar-refractivity contribution in [3.05, 3.63) is 70.0 Å². The number of aliphatic carboxylic acids is 1. The summed E-state index contributed by atoms with van der Waals surface area (Å²) in [5.41, 5.74) is 8.65. The van der Waals surface area contributed by atoms with Crippen molar-refractivity contribution in [3.8, 4) is 11.4 Å². The number of benzene rings is 2. The lowest BCUT2D eigenvalue weighted by Gasteiger charge is -2.11. The van der Waals surface area contributed by atoms with E-state index in [0.717, 1.165) is 49.1 Å². The van der Waals surface area contributed by atoms with E-state index in [1.165, 1.54) is 47.9 Å². The minimum Gasteiger partial charge on any atom is -0.481 e. The van der Waals surface area contributed by atoms with Crippen molar-refractivity contribution in [1.82, 2.24) is 9.55 Å². The summed E-state index contributed by atoms with van der Waals surface area (Å²) in [4.78, 5) is 27.0. The Morgan fingerprint density at radius 1 is 1.00 bits per heavy atom. The number of nitrogens with zero attached hydrogens (tertiary/aromatic N) is 2. The topological polar surface area (TPSA) is 84.2 Å². The van der Waals surface area contributed by atoms with Crippen LogP contribution in [0.2, 0.25) is 0 Å². The number of amides is 1. The number of fused-ring (bicyclic) bond motifs is 1. The van der Waals surface area contributed by atoms with E-state index in [2.05, 4.69) is 48.9 Å². The highest BCUT2D eigenvalue weighted by Gasteiger charge is 2.22. The predicted molar refractivity (Wildman–Crippen MR) is 141 cm³/mol. The summed E-state index contributed by atoms with van der Waals surface area (Å²) in [6, 6.07) is 12.7. The van der Waals surface area contributed by atoms with Gasteiger partial charge in [-0.2, -0.15) is 0 Å². The molecule has 0 spiro atoms. The molecule has 1 aliphatic rings. The van der Waals surface area contributed by atoms with Gasteiger partial charge in [0, 0.05) is 30.4 Å². The Morgan fingerprint density at radius 3 is 2.40 bits per heavy atom.